The monoisotopic (exact) mass is 296 g/mol. The summed E-state index contributed by atoms with van der Waals surface area (Å²) >= 11 is 0. The molecule has 1 saturated heterocycles. The normalized spacial score (nSPS) is 21.2. The smallest absolute Gasteiger partial charge is 0.165 e. The fourth-order valence-electron chi connectivity index (χ4n) is 2.63. The average Bonchev–Trinajstić information content (AvgIpc) is 2.48. The number of likely N-dealkylation sites (tertiary alicyclic amines) is 1. The summed E-state index contributed by atoms with van der Waals surface area (Å²) < 4.78 is 18.6. The van der Waals surface area contributed by atoms with Gasteiger partial charge in [0.2, 0.25) is 0 Å². The average molecular weight is 296 g/mol. The summed E-state index contributed by atoms with van der Waals surface area (Å²) in [4.78, 5) is 2.36. The van der Waals surface area contributed by atoms with Crippen molar-refractivity contribution in [3.63, 3.8) is 0 Å². The summed E-state index contributed by atoms with van der Waals surface area (Å²) in [6.07, 6.45) is 3.10. The lowest BCUT2D eigenvalue weighted by molar-refractivity contribution is 0.0996. The molecule has 4 nitrogen and oxygen atoms in total. The number of ether oxygens (including phenoxy) is 1. The van der Waals surface area contributed by atoms with Crippen LogP contribution in [0.5, 0.6) is 5.75 Å². The van der Waals surface area contributed by atoms with E-state index in [0.717, 1.165) is 13.1 Å². The van der Waals surface area contributed by atoms with E-state index in [0.29, 0.717) is 12.6 Å². The second kappa shape index (κ2) is 8.32. The topological polar surface area (TPSA) is 44.7 Å². The molecule has 0 saturated carbocycles. The van der Waals surface area contributed by atoms with Gasteiger partial charge in [0.15, 0.2) is 11.6 Å². The minimum absolute atomic E-state index is 0.0917. The Balaban J connectivity index is 1.63. The molecule has 2 unspecified atom stereocenters. The van der Waals surface area contributed by atoms with Gasteiger partial charge >= 0.3 is 0 Å². The number of nitrogens with one attached hydrogen (secondary N) is 1. The van der Waals surface area contributed by atoms with E-state index in [-0.39, 0.29) is 12.4 Å². The van der Waals surface area contributed by atoms with Crippen molar-refractivity contribution in [2.45, 2.75) is 31.4 Å². The van der Waals surface area contributed by atoms with E-state index in [1.54, 1.807) is 18.2 Å². The van der Waals surface area contributed by atoms with Crippen LogP contribution in [0.3, 0.4) is 0 Å². The van der Waals surface area contributed by atoms with Crippen molar-refractivity contribution >= 4 is 0 Å². The van der Waals surface area contributed by atoms with E-state index in [9.17, 15) is 9.50 Å². The van der Waals surface area contributed by atoms with Crippen molar-refractivity contribution in [1.82, 2.24) is 10.2 Å². The van der Waals surface area contributed by atoms with Gasteiger partial charge in [-0.25, -0.2) is 4.39 Å². The number of nitrogens with zero attached hydrogens (tertiary/aromatic N) is 1. The van der Waals surface area contributed by atoms with Crippen LogP contribution >= 0.6 is 0 Å². The Morgan fingerprint density at radius 1 is 1.43 bits per heavy atom. The molecule has 1 aromatic rings. The molecule has 0 aliphatic carbocycles. The van der Waals surface area contributed by atoms with Crippen LogP contribution in [-0.4, -0.2) is 55.4 Å². The lowest BCUT2D eigenvalue weighted by Gasteiger charge is -2.32. The van der Waals surface area contributed by atoms with E-state index < -0.39 is 11.9 Å². The van der Waals surface area contributed by atoms with Crippen LogP contribution in [0, 0.1) is 5.82 Å². The van der Waals surface area contributed by atoms with Gasteiger partial charge in [0.05, 0.1) is 0 Å². The summed E-state index contributed by atoms with van der Waals surface area (Å²) in [5.74, 6) is -0.218. The van der Waals surface area contributed by atoms with Gasteiger partial charge in [-0.1, -0.05) is 18.6 Å². The van der Waals surface area contributed by atoms with Gasteiger partial charge in [0.25, 0.3) is 0 Å². The Hall–Kier alpha value is -1.17. The predicted octanol–water partition coefficient (Wildman–Crippen LogP) is 1.64. The fraction of sp³-hybridized carbons (Fsp3) is 0.625. The van der Waals surface area contributed by atoms with Gasteiger partial charge in [-0.3, -0.25) is 0 Å². The highest BCUT2D eigenvalue weighted by Crippen LogP contribution is 2.15. The summed E-state index contributed by atoms with van der Waals surface area (Å²) in [6, 6.07) is 6.77. The summed E-state index contributed by atoms with van der Waals surface area (Å²) in [6.45, 7) is 2.56. The van der Waals surface area contributed by atoms with Crippen LogP contribution in [-0.2, 0) is 0 Å². The molecule has 21 heavy (non-hydrogen) atoms. The highest BCUT2D eigenvalue weighted by Gasteiger charge is 2.18. The van der Waals surface area contributed by atoms with Gasteiger partial charge in [-0.2, -0.15) is 0 Å². The molecule has 1 aromatic carbocycles. The minimum atomic E-state index is -0.640. The van der Waals surface area contributed by atoms with Gasteiger partial charge in [-0.05, 0) is 38.6 Å². The molecule has 1 heterocycles. The molecular weight excluding hydrogens is 271 g/mol. The third-order valence-corrected chi connectivity index (χ3v) is 3.95. The van der Waals surface area contributed by atoms with Crippen LogP contribution in [0.25, 0.3) is 0 Å². The van der Waals surface area contributed by atoms with Crippen molar-refractivity contribution in [2.24, 2.45) is 0 Å². The third kappa shape index (κ3) is 5.26. The Kier molecular flexibility index (Phi) is 6.42. The Bertz CT molecular complexity index is 430. The van der Waals surface area contributed by atoms with E-state index in [1.165, 1.54) is 25.3 Å². The van der Waals surface area contributed by atoms with Crippen molar-refractivity contribution in [1.29, 1.82) is 0 Å². The zero-order valence-corrected chi connectivity index (χ0v) is 12.6. The molecule has 2 rings (SSSR count). The highest BCUT2D eigenvalue weighted by molar-refractivity contribution is 5.23. The lowest BCUT2D eigenvalue weighted by Crippen LogP contribution is -2.45. The number of benzene rings is 1. The fourth-order valence-corrected chi connectivity index (χ4v) is 2.63. The molecule has 0 amide bonds. The molecule has 2 atom stereocenters. The maximum atomic E-state index is 13.4. The Morgan fingerprint density at radius 3 is 3.00 bits per heavy atom. The molecule has 0 aromatic heterocycles. The first-order valence-corrected chi connectivity index (χ1v) is 7.63. The summed E-state index contributed by atoms with van der Waals surface area (Å²) in [7, 11) is 2.14. The van der Waals surface area contributed by atoms with Crippen molar-refractivity contribution < 1.29 is 14.2 Å². The van der Waals surface area contributed by atoms with Crippen LogP contribution in [0.2, 0.25) is 0 Å². The molecule has 1 aliphatic heterocycles. The second-order valence-corrected chi connectivity index (χ2v) is 5.68. The van der Waals surface area contributed by atoms with E-state index in [2.05, 4.69) is 17.3 Å². The molecule has 1 fully saturated rings. The summed E-state index contributed by atoms with van der Waals surface area (Å²) in [5.41, 5.74) is 0. The molecule has 0 spiro atoms. The summed E-state index contributed by atoms with van der Waals surface area (Å²) in [5, 5.41) is 13.1. The quantitative estimate of drug-likeness (QED) is 0.803. The largest absolute Gasteiger partial charge is 0.488 e. The molecule has 5 heteroatoms. The van der Waals surface area contributed by atoms with Gasteiger partial charge in [0, 0.05) is 19.1 Å². The Morgan fingerprint density at radius 2 is 2.24 bits per heavy atom. The molecule has 2 N–H and O–H groups in total. The van der Waals surface area contributed by atoms with Crippen LogP contribution in [0.15, 0.2) is 24.3 Å². The van der Waals surface area contributed by atoms with Crippen LogP contribution in [0.1, 0.15) is 19.3 Å². The Labute approximate surface area is 125 Å². The van der Waals surface area contributed by atoms with Crippen LogP contribution < -0.4 is 10.1 Å². The van der Waals surface area contributed by atoms with Crippen LogP contribution in [0.4, 0.5) is 4.39 Å². The number of para-hydroxylation sites is 1. The number of aliphatic hydroxyl groups is 1. The number of hydrogen-bond donors (Lipinski definition) is 2. The predicted molar refractivity (Wildman–Crippen MR) is 81.0 cm³/mol. The van der Waals surface area contributed by atoms with Crippen molar-refractivity contribution in [3.8, 4) is 5.75 Å². The molecule has 0 radical (unpaired) electrons. The number of rotatable bonds is 7. The van der Waals surface area contributed by atoms with E-state index in [4.69, 9.17) is 4.74 Å². The van der Waals surface area contributed by atoms with Gasteiger partial charge in [-0.15, -0.1) is 0 Å². The van der Waals surface area contributed by atoms with Gasteiger partial charge < -0.3 is 20.1 Å². The molecule has 1 aliphatic rings. The highest BCUT2D eigenvalue weighted by atomic mass is 19.1. The minimum Gasteiger partial charge on any atom is -0.488 e. The number of piperidine rings is 1. The number of halogens is 1. The van der Waals surface area contributed by atoms with E-state index >= 15 is 0 Å². The maximum absolute atomic E-state index is 13.4. The zero-order chi connectivity index (χ0) is 15.1. The SMILES string of the molecule is CN1CCCCC1CNCC(O)COc1ccccc1F. The number of hydrogen-bond acceptors (Lipinski definition) is 4. The van der Waals surface area contributed by atoms with E-state index in [1.807, 2.05) is 0 Å². The standard InChI is InChI=1S/C16H25FN2O2/c1-19-9-5-4-6-13(19)10-18-11-14(20)12-21-16-8-3-2-7-15(16)17/h2-3,7-8,13-14,18,20H,4-6,9-12H2,1H3. The lowest BCUT2D eigenvalue weighted by atomic mass is 10.0. The molecule has 0 bridgehead atoms. The number of likely N-dealkylation sites (N-methyl/N-ethyl adjacent to an activating group) is 1. The zero-order valence-electron chi connectivity index (χ0n) is 12.6. The molecule has 118 valence electrons. The molecular formula is C16H25FN2O2. The third-order valence-electron chi connectivity index (χ3n) is 3.95. The first-order chi connectivity index (χ1) is 10.2. The second-order valence-electron chi connectivity index (χ2n) is 5.68. The van der Waals surface area contributed by atoms with Crippen molar-refractivity contribution in [2.75, 3.05) is 33.3 Å². The number of aliphatic hydroxyl groups excluding tert-OH is 1. The van der Waals surface area contributed by atoms with Crippen molar-refractivity contribution in [3.05, 3.63) is 30.1 Å². The maximum Gasteiger partial charge on any atom is 0.165 e. The first-order valence-electron chi connectivity index (χ1n) is 7.63. The first kappa shape index (κ1) is 16.2. The van der Waals surface area contributed by atoms with Gasteiger partial charge in [0.1, 0.15) is 12.7 Å².